The van der Waals surface area contributed by atoms with Crippen molar-refractivity contribution in [3.8, 4) is 11.5 Å². The van der Waals surface area contributed by atoms with Crippen LogP contribution in [-0.4, -0.2) is 41.1 Å². The van der Waals surface area contributed by atoms with E-state index in [9.17, 15) is 4.79 Å². The SMILES string of the molecule is Cc1oc(-c2ccccc2)nc1CC(=O)N1CCOCC1(C)C. The van der Waals surface area contributed by atoms with Crippen molar-refractivity contribution >= 4 is 5.91 Å². The van der Waals surface area contributed by atoms with Crippen LogP contribution in [0.15, 0.2) is 34.7 Å². The fraction of sp³-hybridized carbons (Fsp3) is 0.444. The second-order valence-electron chi connectivity index (χ2n) is 6.48. The minimum absolute atomic E-state index is 0.0642. The van der Waals surface area contributed by atoms with Crippen molar-refractivity contribution in [2.45, 2.75) is 32.7 Å². The minimum atomic E-state index is -0.283. The molecule has 3 rings (SSSR count). The maximum Gasteiger partial charge on any atom is 0.229 e. The molecule has 0 unspecified atom stereocenters. The summed E-state index contributed by atoms with van der Waals surface area (Å²) in [5.74, 6) is 1.32. The Morgan fingerprint density at radius 3 is 2.74 bits per heavy atom. The number of rotatable bonds is 3. The highest BCUT2D eigenvalue weighted by atomic mass is 16.5. The second kappa shape index (κ2) is 6.16. The molecule has 0 atom stereocenters. The van der Waals surface area contributed by atoms with E-state index in [1.807, 2.05) is 56.0 Å². The molecule has 0 saturated carbocycles. The van der Waals surface area contributed by atoms with E-state index in [-0.39, 0.29) is 17.9 Å². The number of ether oxygens (including phenoxy) is 1. The Morgan fingerprint density at radius 2 is 2.04 bits per heavy atom. The molecule has 23 heavy (non-hydrogen) atoms. The molecule has 1 fully saturated rings. The first kappa shape index (κ1) is 15.7. The first-order valence-electron chi connectivity index (χ1n) is 7.87. The summed E-state index contributed by atoms with van der Waals surface area (Å²) in [6.07, 6.45) is 0.256. The van der Waals surface area contributed by atoms with E-state index in [0.717, 1.165) is 5.56 Å². The molecule has 1 aromatic heterocycles. The lowest BCUT2D eigenvalue weighted by molar-refractivity contribution is -0.145. The number of nitrogens with zero attached hydrogens (tertiary/aromatic N) is 2. The average Bonchev–Trinajstić information content (AvgIpc) is 2.88. The zero-order valence-electron chi connectivity index (χ0n) is 13.8. The Labute approximate surface area is 136 Å². The van der Waals surface area contributed by atoms with Crippen molar-refractivity contribution in [1.29, 1.82) is 0 Å². The number of hydrogen-bond donors (Lipinski definition) is 0. The molecular weight excluding hydrogens is 292 g/mol. The summed E-state index contributed by atoms with van der Waals surface area (Å²) in [7, 11) is 0. The van der Waals surface area contributed by atoms with Crippen LogP contribution in [0.4, 0.5) is 0 Å². The quantitative estimate of drug-likeness (QED) is 0.874. The number of aromatic nitrogens is 1. The minimum Gasteiger partial charge on any atom is -0.441 e. The molecule has 1 saturated heterocycles. The van der Waals surface area contributed by atoms with E-state index in [4.69, 9.17) is 9.15 Å². The van der Waals surface area contributed by atoms with Crippen molar-refractivity contribution < 1.29 is 13.9 Å². The van der Waals surface area contributed by atoms with Crippen molar-refractivity contribution in [1.82, 2.24) is 9.88 Å². The van der Waals surface area contributed by atoms with Crippen LogP contribution in [0, 0.1) is 6.92 Å². The third kappa shape index (κ3) is 3.29. The van der Waals surface area contributed by atoms with Crippen LogP contribution in [0.5, 0.6) is 0 Å². The van der Waals surface area contributed by atoms with Crippen LogP contribution in [-0.2, 0) is 16.0 Å². The molecule has 0 N–H and O–H groups in total. The molecule has 0 radical (unpaired) electrons. The molecule has 1 aliphatic heterocycles. The Balaban J connectivity index is 1.78. The van der Waals surface area contributed by atoms with Gasteiger partial charge in [0, 0.05) is 12.1 Å². The monoisotopic (exact) mass is 314 g/mol. The first-order chi connectivity index (χ1) is 11.0. The van der Waals surface area contributed by atoms with Gasteiger partial charge in [0.2, 0.25) is 11.8 Å². The Bertz CT molecular complexity index is 692. The summed E-state index contributed by atoms with van der Waals surface area (Å²) in [6, 6.07) is 9.72. The van der Waals surface area contributed by atoms with Gasteiger partial charge >= 0.3 is 0 Å². The van der Waals surface area contributed by atoms with Gasteiger partial charge in [-0.1, -0.05) is 18.2 Å². The molecule has 1 amide bonds. The van der Waals surface area contributed by atoms with Crippen LogP contribution in [0.2, 0.25) is 0 Å². The number of carbonyl (C=O) groups is 1. The van der Waals surface area contributed by atoms with Crippen molar-refractivity contribution in [2.24, 2.45) is 0 Å². The highest BCUT2D eigenvalue weighted by molar-refractivity contribution is 5.79. The summed E-state index contributed by atoms with van der Waals surface area (Å²) in [5.41, 5.74) is 1.34. The van der Waals surface area contributed by atoms with Crippen LogP contribution < -0.4 is 0 Å². The molecular formula is C18H22N2O3. The highest BCUT2D eigenvalue weighted by Crippen LogP contribution is 2.24. The summed E-state index contributed by atoms with van der Waals surface area (Å²) in [4.78, 5) is 19.1. The average molecular weight is 314 g/mol. The number of oxazole rings is 1. The largest absolute Gasteiger partial charge is 0.441 e. The third-order valence-electron chi connectivity index (χ3n) is 4.18. The molecule has 122 valence electrons. The molecule has 2 heterocycles. The van der Waals surface area contributed by atoms with E-state index in [1.165, 1.54) is 0 Å². The Morgan fingerprint density at radius 1 is 1.30 bits per heavy atom. The number of hydrogen-bond acceptors (Lipinski definition) is 4. The second-order valence-corrected chi connectivity index (χ2v) is 6.48. The summed E-state index contributed by atoms with van der Waals surface area (Å²) in [5, 5.41) is 0. The molecule has 5 nitrogen and oxygen atoms in total. The highest BCUT2D eigenvalue weighted by Gasteiger charge is 2.34. The molecule has 1 aliphatic rings. The lowest BCUT2D eigenvalue weighted by Crippen LogP contribution is -2.56. The van der Waals surface area contributed by atoms with E-state index in [2.05, 4.69) is 4.98 Å². The Hall–Kier alpha value is -2.14. The first-order valence-corrected chi connectivity index (χ1v) is 7.87. The molecule has 0 bridgehead atoms. The van der Waals surface area contributed by atoms with Gasteiger partial charge in [-0.2, -0.15) is 0 Å². The van der Waals surface area contributed by atoms with Gasteiger partial charge in [-0.25, -0.2) is 4.98 Å². The molecule has 0 spiro atoms. The third-order valence-corrected chi connectivity index (χ3v) is 4.18. The molecule has 1 aromatic carbocycles. The van der Waals surface area contributed by atoms with Crippen molar-refractivity contribution in [3.05, 3.63) is 41.8 Å². The number of amides is 1. The van der Waals surface area contributed by atoms with E-state index in [0.29, 0.717) is 37.1 Å². The van der Waals surface area contributed by atoms with Crippen LogP contribution in [0.25, 0.3) is 11.5 Å². The van der Waals surface area contributed by atoms with Gasteiger partial charge < -0.3 is 14.1 Å². The topological polar surface area (TPSA) is 55.6 Å². The van der Waals surface area contributed by atoms with Gasteiger partial charge in [0.15, 0.2) is 0 Å². The van der Waals surface area contributed by atoms with Gasteiger partial charge in [-0.3, -0.25) is 4.79 Å². The maximum atomic E-state index is 12.7. The van der Waals surface area contributed by atoms with E-state index >= 15 is 0 Å². The number of benzene rings is 1. The maximum absolute atomic E-state index is 12.7. The molecule has 0 aliphatic carbocycles. The fourth-order valence-corrected chi connectivity index (χ4v) is 2.86. The van der Waals surface area contributed by atoms with Crippen molar-refractivity contribution in [2.75, 3.05) is 19.8 Å². The Kier molecular flexibility index (Phi) is 4.22. The summed E-state index contributed by atoms with van der Waals surface area (Å²) < 4.78 is 11.2. The molecule has 2 aromatic rings. The van der Waals surface area contributed by atoms with Gasteiger partial charge in [-0.05, 0) is 32.9 Å². The lowest BCUT2D eigenvalue weighted by atomic mass is 10.0. The zero-order valence-corrected chi connectivity index (χ0v) is 13.8. The smallest absolute Gasteiger partial charge is 0.229 e. The predicted molar refractivity (Wildman–Crippen MR) is 87.0 cm³/mol. The van der Waals surface area contributed by atoms with Gasteiger partial charge in [0.05, 0.1) is 30.9 Å². The summed E-state index contributed by atoms with van der Waals surface area (Å²) in [6.45, 7) is 7.67. The summed E-state index contributed by atoms with van der Waals surface area (Å²) >= 11 is 0. The number of aryl methyl sites for hydroxylation is 1. The van der Waals surface area contributed by atoms with Crippen LogP contribution in [0.1, 0.15) is 25.3 Å². The number of morpholine rings is 1. The van der Waals surface area contributed by atoms with E-state index < -0.39 is 0 Å². The molecule has 5 heteroatoms. The predicted octanol–water partition coefficient (Wildman–Crippen LogP) is 2.83. The van der Waals surface area contributed by atoms with E-state index in [1.54, 1.807) is 0 Å². The standard InChI is InChI=1S/C18H22N2O3/c1-13-15(19-17(23-13)14-7-5-4-6-8-14)11-16(21)20-9-10-22-12-18(20,2)3/h4-8H,9-12H2,1-3H3. The van der Waals surface area contributed by atoms with Crippen LogP contribution in [0.3, 0.4) is 0 Å². The number of carbonyl (C=O) groups excluding carboxylic acids is 1. The van der Waals surface area contributed by atoms with Crippen molar-refractivity contribution in [3.63, 3.8) is 0 Å². The van der Waals surface area contributed by atoms with Gasteiger partial charge in [0.1, 0.15) is 5.76 Å². The van der Waals surface area contributed by atoms with Gasteiger partial charge in [0.25, 0.3) is 0 Å². The lowest BCUT2D eigenvalue weighted by Gasteiger charge is -2.42. The normalized spacial score (nSPS) is 17.3. The van der Waals surface area contributed by atoms with Crippen LogP contribution >= 0.6 is 0 Å². The zero-order chi connectivity index (χ0) is 16.4. The van der Waals surface area contributed by atoms with Gasteiger partial charge in [-0.15, -0.1) is 0 Å². The fourth-order valence-electron chi connectivity index (χ4n) is 2.86.